The molecule has 160 valence electrons. The molecule has 0 aromatic heterocycles. The van der Waals surface area contributed by atoms with Gasteiger partial charge in [0.05, 0.1) is 5.57 Å². The lowest BCUT2D eigenvalue weighted by molar-refractivity contribution is -0.117. The third kappa shape index (κ3) is 7.63. The Kier molecular flexibility index (Phi) is 10.2. The zero-order chi connectivity index (χ0) is 22.7. The zero-order valence-electron chi connectivity index (χ0n) is 18.8. The molecular formula is C26H34N2O2. The molecule has 0 aliphatic carbocycles. The minimum atomic E-state index is -0.186. The summed E-state index contributed by atoms with van der Waals surface area (Å²) in [7, 11) is 0. The molecule has 1 aromatic carbocycles. The molecular weight excluding hydrogens is 372 g/mol. The zero-order valence-corrected chi connectivity index (χ0v) is 18.8. The molecule has 1 rings (SSSR count). The van der Waals surface area contributed by atoms with Crippen molar-refractivity contribution >= 4 is 5.91 Å². The smallest absolute Gasteiger partial charge is 0.253 e. The van der Waals surface area contributed by atoms with Crippen LogP contribution in [-0.2, 0) is 11.3 Å². The van der Waals surface area contributed by atoms with Crippen LogP contribution in [0.2, 0.25) is 0 Å². The maximum absolute atomic E-state index is 12.8. The standard InChI is InChI=1S/C26H34N2O2/c1-8-11-23(10-3)30-24-14-12-22(13-15-24)17-28-26(29)25(21(7)27)20(6)16-19(5)18(4)9-2/h8,10-16H,1,3,9,17,27H2,2,4-7H3,(H,28,29)/b19-18?,20-16-,23-11+,25-21-. The first kappa shape index (κ1) is 24.8. The second-order valence-electron chi connectivity index (χ2n) is 7.14. The van der Waals surface area contributed by atoms with Crippen LogP contribution in [0.1, 0.15) is 46.6 Å². The highest BCUT2D eigenvalue weighted by molar-refractivity contribution is 5.98. The molecule has 3 N–H and O–H groups in total. The number of hydrogen-bond acceptors (Lipinski definition) is 3. The first-order valence-corrected chi connectivity index (χ1v) is 10.0. The Morgan fingerprint density at radius 1 is 1.13 bits per heavy atom. The number of ether oxygens (including phenoxy) is 1. The fourth-order valence-electron chi connectivity index (χ4n) is 2.81. The largest absolute Gasteiger partial charge is 0.457 e. The van der Waals surface area contributed by atoms with Crippen molar-refractivity contribution in [3.63, 3.8) is 0 Å². The summed E-state index contributed by atoms with van der Waals surface area (Å²) in [5.41, 5.74) is 11.3. The van der Waals surface area contributed by atoms with Gasteiger partial charge < -0.3 is 15.8 Å². The van der Waals surface area contributed by atoms with Gasteiger partial charge in [0.1, 0.15) is 11.5 Å². The molecule has 0 aliphatic rings. The van der Waals surface area contributed by atoms with Crippen molar-refractivity contribution in [2.45, 2.75) is 47.6 Å². The molecule has 30 heavy (non-hydrogen) atoms. The van der Waals surface area contributed by atoms with Crippen molar-refractivity contribution < 1.29 is 9.53 Å². The van der Waals surface area contributed by atoms with E-state index in [-0.39, 0.29) is 5.91 Å². The summed E-state index contributed by atoms with van der Waals surface area (Å²) < 4.78 is 5.70. The highest BCUT2D eigenvalue weighted by atomic mass is 16.5. The number of benzene rings is 1. The monoisotopic (exact) mass is 406 g/mol. The molecule has 0 radical (unpaired) electrons. The summed E-state index contributed by atoms with van der Waals surface area (Å²) in [5.74, 6) is 1.11. The molecule has 0 fully saturated rings. The first-order valence-electron chi connectivity index (χ1n) is 10.0. The number of nitrogens with one attached hydrogen (secondary N) is 1. The van der Waals surface area contributed by atoms with Crippen molar-refractivity contribution in [2.75, 3.05) is 0 Å². The van der Waals surface area contributed by atoms with Gasteiger partial charge in [0.15, 0.2) is 0 Å². The number of nitrogens with two attached hydrogens (primary N) is 1. The molecule has 1 aromatic rings. The molecule has 0 spiro atoms. The topological polar surface area (TPSA) is 64.3 Å². The van der Waals surface area contributed by atoms with E-state index in [0.717, 1.165) is 23.1 Å². The Morgan fingerprint density at radius 2 is 1.77 bits per heavy atom. The van der Waals surface area contributed by atoms with Gasteiger partial charge in [0.25, 0.3) is 5.91 Å². The van der Waals surface area contributed by atoms with Crippen LogP contribution in [-0.4, -0.2) is 5.91 Å². The van der Waals surface area contributed by atoms with Gasteiger partial charge in [-0.1, -0.05) is 55.5 Å². The number of carbonyl (C=O) groups excluding carboxylic acids is 1. The number of hydrogen-bond donors (Lipinski definition) is 2. The fraction of sp³-hybridized carbons (Fsp3) is 0.269. The van der Waals surface area contributed by atoms with Crippen LogP contribution in [0.4, 0.5) is 0 Å². The van der Waals surface area contributed by atoms with Crippen LogP contribution in [0.25, 0.3) is 0 Å². The molecule has 0 aliphatic heterocycles. The van der Waals surface area contributed by atoms with Gasteiger partial charge in [-0.25, -0.2) is 0 Å². The van der Waals surface area contributed by atoms with Gasteiger partial charge in [-0.15, -0.1) is 0 Å². The molecule has 4 heteroatoms. The van der Waals surface area contributed by atoms with Crippen molar-refractivity contribution in [1.29, 1.82) is 0 Å². The Balaban J connectivity index is 2.88. The average Bonchev–Trinajstić information content (AvgIpc) is 2.71. The fourth-order valence-corrected chi connectivity index (χ4v) is 2.81. The Morgan fingerprint density at radius 3 is 2.27 bits per heavy atom. The average molecular weight is 407 g/mol. The summed E-state index contributed by atoms with van der Waals surface area (Å²) in [6.07, 6.45) is 7.99. The number of allylic oxidation sites excluding steroid dienone is 7. The van der Waals surface area contributed by atoms with Crippen LogP contribution in [0.3, 0.4) is 0 Å². The van der Waals surface area contributed by atoms with E-state index in [1.54, 1.807) is 25.2 Å². The number of rotatable bonds is 10. The van der Waals surface area contributed by atoms with E-state index in [1.807, 2.05) is 37.3 Å². The lowest BCUT2D eigenvalue weighted by atomic mass is 10.00. The van der Waals surface area contributed by atoms with E-state index in [1.165, 1.54) is 5.57 Å². The summed E-state index contributed by atoms with van der Waals surface area (Å²) in [5, 5.41) is 2.95. The molecule has 1 amide bonds. The van der Waals surface area contributed by atoms with Gasteiger partial charge in [-0.3, -0.25) is 4.79 Å². The molecule has 0 saturated heterocycles. The Hall–Kier alpha value is -3.27. The van der Waals surface area contributed by atoms with E-state index >= 15 is 0 Å². The minimum absolute atomic E-state index is 0.186. The van der Waals surface area contributed by atoms with Gasteiger partial charge in [0.2, 0.25) is 0 Å². The van der Waals surface area contributed by atoms with Gasteiger partial charge in [-0.05, 0) is 69.5 Å². The van der Waals surface area contributed by atoms with Crippen LogP contribution < -0.4 is 15.8 Å². The summed E-state index contributed by atoms with van der Waals surface area (Å²) in [4.78, 5) is 12.8. The van der Waals surface area contributed by atoms with Crippen LogP contribution in [0, 0.1) is 0 Å². The maximum Gasteiger partial charge on any atom is 0.253 e. The van der Waals surface area contributed by atoms with Gasteiger partial charge in [0, 0.05) is 12.2 Å². The Bertz CT molecular complexity index is 893. The van der Waals surface area contributed by atoms with Crippen LogP contribution >= 0.6 is 0 Å². The number of carbonyl (C=O) groups is 1. The predicted molar refractivity (Wildman–Crippen MR) is 127 cm³/mol. The first-order chi connectivity index (χ1) is 14.2. The van der Waals surface area contributed by atoms with Crippen molar-refractivity contribution in [3.05, 3.63) is 101 Å². The number of amides is 1. The highest BCUT2D eigenvalue weighted by Gasteiger charge is 2.14. The molecule has 0 unspecified atom stereocenters. The molecule has 0 saturated carbocycles. The van der Waals surface area contributed by atoms with E-state index in [4.69, 9.17) is 10.5 Å². The van der Waals surface area contributed by atoms with E-state index in [9.17, 15) is 4.79 Å². The lowest BCUT2D eigenvalue weighted by Crippen LogP contribution is -2.27. The summed E-state index contributed by atoms with van der Waals surface area (Å²) in [6.45, 7) is 17.7. The Labute approximate surface area is 181 Å². The normalized spacial score (nSPS) is 13.8. The van der Waals surface area contributed by atoms with Crippen molar-refractivity contribution in [1.82, 2.24) is 5.32 Å². The third-order valence-electron chi connectivity index (χ3n) is 4.75. The van der Waals surface area contributed by atoms with Gasteiger partial charge >= 0.3 is 0 Å². The summed E-state index contributed by atoms with van der Waals surface area (Å²) >= 11 is 0. The van der Waals surface area contributed by atoms with Crippen molar-refractivity contribution in [2.24, 2.45) is 5.73 Å². The van der Waals surface area contributed by atoms with Crippen LogP contribution in [0.15, 0.2) is 95.5 Å². The van der Waals surface area contributed by atoms with Gasteiger partial charge in [-0.2, -0.15) is 0 Å². The van der Waals surface area contributed by atoms with Crippen LogP contribution in [0.5, 0.6) is 5.75 Å². The quantitative estimate of drug-likeness (QED) is 0.290. The predicted octanol–water partition coefficient (Wildman–Crippen LogP) is 5.86. The second kappa shape index (κ2) is 12.3. The van der Waals surface area contributed by atoms with E-state index in [0.29, 0.717) is 29.3 Å². The minimum Gasteiger partial charge on any atom is -0.457 e. The molecule has 0 bridgehead atoms. The highest BCUT2D eigenvalue weighted by Crippen LogP contribution is 2.19. The van der Waals surface area contributed by atoms with E-state index < -0.39 is 0 Å². The SMILES string of the molecule is C=C/C=C(\C=C)Oc1ccc(CNC(=O)C(/C(C)=C\C(C)=C(C)CC)=C(/C)N)cc1. The van der Waals surface area contributed by atoms with Crippen molar-refractivity contribution in [3.8, 4) is 5.75 Å². The summed E-state index contributed by atoms with van der Waals surface area (Å²) in [6, 6.07) is 7.51. The molecule has 0 atom stereocenters. The lowest BCUT2D eigenvalue weighted by Gasteiger charge is -2.13. The second-order valence-corrected chi connectivity index (χ2v) is 7.14. The maximum atomic E-state index is 12.8. The van der Waals surface area contributed by atoms with E-state index in [2.05, 4.69) is 39.2 Å². The third-order valence-corrected chi connectivity index (χ3v) is 4.75. The molecule has 0 heterocycles. The molecule has 4 nitrogen and oxygen atoms in total.